The van der Waals surface area contributed by atoms with E-state index in [1.165, 1.54) is 18.2 Å². The van der Waals surface area contributed by atoms with Gasteiger partial charge in [0.25, 0.3) is 5.91 Å². The fourth-order valence-corrected chi connectivity index (χ4v) is 3.28. The van der Waals surface area contributed by atoms with Gasteiger partial charge in [0.1, 0.15) is 12.4 Å². The predicted octanol–water partition coefficient (Wildman–Crippen LogP) is 5.32. The maximum atomic E-state index is 13.0. The number of hydrogen-bond acceptors (Lipinski definition) is 4. The van der Waals surface area contributed by atoms with Crippen LogP contribution in [0, 0.1) is 0 Å². The molecule has 0 aliphatic rings. The van der Waals surface area contributed by atoms with Crippen molar-refractivity contribution < 1.29 is 27.5 Å². The molecule has 1 N–H and O–H groups in total. The molecule has 3 aromatic rings. The first-order chi connectivity index (χ1) is 16.1. The van der Waals surface area contributed by atoms with Crippen molar-refractivity contribution in [1.29, 1.82) is 0 Å². The molecule has 3 aromatic carbocycles. The minimum atomic E-state index is -4.49. The highest BCUT2D eigenvalue weighted by atomic mass is 19.4. The summed E-state index contributed by atoms with van der Waals surface area (Å²) in [6.45, 7) is 1.06. The Bertz CT molecular complexity index is 1160. The number of para-hydroxylation sites is 2. The predicted molar refractivity (Wildman–Crippen MR) is 124 cm³/mol. The van der Waals surface area contributed by atoms with Crippen LogP contribution in [0.5, 0.6) is 5.75 Å². The Morgan fingerprint density at radius 3 is 2.29 bits per heavy atom. The van der Waals surface area contributed by atoms with Gasteiger partial charge in [-0.25, -0.2) is 0 Å². The van der Waals surface area contributed by atoms with Gasteiger partial charge in [-0.05, 0) is 50.0 Å². The van der Waals surface area contributed by atoms with E-state index < -0.39 is 23.4 Å². The van der Waals surface area contributed by atoms with E-state index in [2.05, 4.69) is 5.32 Å². The van der Waals surface area contributed by atoms with Gasteiger partial charge in [-0.1, -0.05) is 42.5 Å². The number of hydrogen-bond donors (Lipinski definition) is 1. The number of ether oxygens (including phenoxy) is 1. The van der Waals surface area contributed by atoms with Crippen LogP contribution in [0.15, 0.2) is 72.8 Å². The molecule has 0 fully saturated rings. The van der Waals surface area contributed by atoms with Crippen LogP contribution in [0.4, 0.5) is 18.9 Å². The van der Waals surface area contributed by atoms with E-state index in [4.69, 9.17) is 4.74 Å². The van der Waals surface area contributed by atoms with Crippen molar-refractivity contribution in [2.75, 3.05) is 32.6 Å². The summed E-state index contributed by atoms with van der Waals surface area (Å²) in [6, 6.07) is 17.8. The number of carbonyl (C=O) groups excluding carboxylic acids is 2. The highest BCUT2D eigenvalue weighted by Gasteiger charge is 2.30. The fraction of sp³-hybridized carbons (Fsp3) is 0.231. The van der Waals surface area contributed by atoms with Gasteiger partial charge in [0.2, 0.25) is 0 Å². The Labute approximate surface area is 196 Å². The smallest absolute Gasteiger partial charge is 0.416 e. The van der Waals surface area contributed by atoms with Crippen molar-refractivity contribution in [3.8, 4) is 5.75 Å². The third kappa shape index (κ3) is 6.68. The second-order valence-corrected chi connectivity index (χ2v) is 7.95. The molecule has 0 saturated heterocycles. The molecule has 0 spiro atoms. The van der Waals surface area contributed by atoms with E-state index >= 15 is 0 Å². The second kappa shape index (κ2) is 11.0. The molecule has 0 radical (unpaired) electrons. The zero-order valence-corrected chi connectivity index (χ0v) is 18.9. The molecule has 1 amide bonds. The fourth-order valence-electron chi connectivity index (χ4n) is 3.28. The van der Waals surface area contributed by atoms with Crippen LogP contribution < -0.4 is 10.1 Å². The van der Waals surface area contributed by atoms with Crippen LogP contribution in [0.3, 0.4) is 0 Å². The van der Waals surface area contributed by atoms with Crippen molar-refractivity contribution in [3.63, 3.8) is 0 Å². The van der Waals surface area contributed by atoms with Gasteiger partial charge in [-0.3, -0.25) is 9.59 Å². The lowest BCUT2D eigenvalue weighted by atomic mass is 10.00. The monoisotopic (exact) mass is 470 g/mol. The van der Waals surface area contributed by atoms with Crippen LogP contribution in [0.2, 0.25) is 0 Å². The first-order valence-corrected chi connectivity index (χ1v) is 10.6. The summed E-state index contributed by atoms with van der Waals surface area (Å²) in [4.78, 5) is 27.9. The Hall–Kier alpha value is -3.65. The molecule has 0 aromatic heterocycles. The SMILES string of the molecule is CN(C)CCOc1ccccc1C(=O)Nc1ccccc1C(=O)Cc1cccc(C(F)(F)F)c1. The second-order valence-electron chi connectivity index (χ2n) is 7.95. The van der Waals surface area contributed by atoms with Gasteiger partial charge in [0, 0.05) is 18.5 Å². The third-order valence-electron chi connectivity index (χ3n) is 5.02. The number of anilines is 1. The molecule has 0 saturated carbocycles. The molecule has 0 atom stereocenters. The number of alkyl halides is 3. The Kier molecular flexibility index (Phi) is 8.07. The van der Waals surface area contributed by atoms with Crippen LogP contribution in [-0.4, -0.2) is 43.8 Å². The number of ketones is 1. The standard InChI is InChI=1S/C26H25F3N2O3/c1-31(2)14-15-34-24-13-6-4-11-21(24)25(33)30-22-12-5-3-10-20(22)23(32)17-18-8-7-9-19(16-18)26(27,28)29/h3-13,16H,14-15,17H2,1-2H3,(H,30,33). The van der Waals surface area contributed by atoms with E-state index in [9.17, 15) is 22.8 Å². The van der Waals surface area contributed by atoms with E-state index in [0.29, 0.717) is 24.5 Å². The molecular formula is C26H25F3N2O3. The minimum absolute atomic E-state index is 0.208. The molecule has 34 heavy (non-hydrogen) atoms. The quantitative estimate of drug-likeness (QED) is 0.430. The van der Waals surface area contributed by atoms with Crippen molar-refractivity contribution in [1.82, 2.24) is 4.90 Å². The van der Waals surface area contributed by atoms with E-state index in [0.717, 1.165) is 12.1 Å². The normalized spacial score (nSPS) is 11.4. The number of benzene rings is 3. The Morgan fingerprint density at radius 2 is 1.59 bits per heavy atom. The third-order valence-corrected chi connectivity index (χ3v) is 5.02. The molecule has 178 valence electrons. The van der Waals surface area contributed by atoms with E-state index in [1.54, 1.807) is 42.5 Å². The van der Waals surface area contributed by atoms with Gasteiger partial charge in [0.15, 0.2) is 5.78 Å². The average molecular weight is 470 g/mol. The molecule has 0 aliphatic heterocycles. The number of Topliss-reactive ketones (excluding diaryl/α,β-unsaturated/α-hetero) is 1. The van der Waals surface area contributed by atoms with Crippen LogP contribution in [0.1, 0.15) is 31.8 Å². The number of nitrogens with one attached hydrogen (secondary N) is 1. The van der Waals surface area contributed by atoms with Gasteiger partial charge < -0.3 is 15.0 Å². The molecule has 5 nitrogen and oxygen atoms in total. The van der Waals surface area contributed by atoms with E-state index in [-0.39, 0.29) is 23.2 Å². The first kappa shape index (κ1) is 25.0. The largest absolute Gasteiger partial charge is 0.491 e. The van der Waals surface area contributed by atoms with Crippen molar-refractivity contribution in [2.24, 2.45) is 0 Å². The number of carbonyl (C=O) groups is 2. The van der Waals surface area contributed by atoms with Crippen LogP contribution in [-0.2, 0) is 12.6 Å². The number of likely N-dealkylation sites (N-methyl/N-ethyl adjacent to an activating group) is 1. The number of halogens is 3. The maximum absolute atomic E-state index is 13.0. The molecule has 0 bridgehead atoms. The van der Waals surface area contributed by atoms with Crippen molar-refractivity contribution >= 4 is 17.4 Å². The van der Waals surface area contributed by atoms with Crippen molar-refractivity contribution in [3.05, 3.63) is 95.1 Å². The molecular weight excluding hydrogens is 445 g/mol. The molecule has 8 heteroatoms. The lowest BCUT2D eigenvalue weighted by Gasteiger charge is -2.15. The van der Waals surface area contributed by atoms with E-state index in [1.807, 2.05) is 19.0 Å². The highest BCUT2D eigenvalue weighted by molar-refractivity contribution is 6.10. The van der Waals surface area contributed by atoms with Gasteiger partial charge in [-0.15, -0.1) is 0 Å². The maximum Gasteiger partial charge on any atom is 0.416 e. The Morgan fingerprint density at radius 1 is 0.912 bits per heavy atom. The number of amides is 1. The molecule has 3 rings (SSSR count). The summed E-state index contributed by atoms with van der Waals surface area (Å²) in [6.07, 6.45) is -4.73. The lowest BCUT2D eigenvalue weighted by molar-refractivity contribution is -0.137. The topological polar surface area (TPSA) is 58.6 Å². The van der Waals surface area contributed by atoms with Crippen LogP contribution in [0.25, 0.3) is 0 Å². The van der Waals surface area contributed by atoms with Gasteiger partial charge in [-0.2, -0.15) is 13.2 Å². The van der Waals surface area contributed by atoms with Crippen LogP contribution >= 0.6 is 0 Å². The summed E-state index contributed by atoms with van der Waals surface area (Å²) in [5.41, 5.74) is 0.207. The van der Waals surface area contributed by atoms with Gasteiger partial charge in [0.05, 0.1) is 16.8 Å². The minimum Gasteiger partial charge on any atom is -0.491 e. The summed E-state index contributed by atoms with van der Waals surface area (Å²) >= 11 is 0. The molecule has 0 heterocycles. The zero-order valence-electron chi connectivity index (χ0n) is 18.9. The summed E-state index contributed by atoms with van der Waals surface area (Å²) < 4.78 is 44.7. The number of nitrogens with zero attached hydrogens (tertiary/aromatic N) is 1. The van der Waals surface area contributed by atoms with Gasteiger partial charge >= 0.3 is 6.18 Å². The first-order valence-electron chi connectivity index (χ1n) is 10.6. The summed E-state index contributed by atoms with van der Waals surface area (Å²) in [5.74, 6) is -0.458. The average Bonchev–Trinajstić information content (AvgIpc) is 2.79. The lowest BCUT2D eigenvalue weighted by Crippen LogP contribution is -2.21. The highest BCUT2D eigenvalue weighted by Crippen LogP contribution is 2.30. The molecule has 0 aliphatic carbocycles. The molecule has 0 unspecified atom stereocenters. The van der Waals surface area contributed by atoms with Crippen molar-refractivity contribution in [2.45, 2.75) is 12.6 Å². The Balaban J connectivity index is 1.78. The number of rotatable bonds is 9. The summed E-state index contributed by atoms with van der Waals surface area (Å²) in [7, 11) is 3.82. The summed E-state index contributed by atoms with van der Waals surface area (Å²) in [5, 5.41) is 2.74. The zero-order chi connectivity index (χ0) is 24.7.